The van der Waals surface area contributed by atoms with E-state index in [1.165, 1.54) is 10.8 Å². The molecule has 0 saturated carbocycles. The summed E-state index contributed by atoms with van der Waals surface area (Å²) in [6.45, 7) is 6.50. The summed E-state index contributed by atoms with van der Waals surface area (Å²) in [6, 6.07) is 11.6. The molecule has 1 aliphatic heterocycles. The monoisotopic (exact) mass is 241 g/mol. The standard InChI is InChI=1S/C15H19N3/c1-11-9-18(10-12(2)17-11)15-14-6-4-3-5-13(14)7-8-16-15/h3-8,11-12,17H,9-10H2,1-2H3. The maximum Gasteiger partial charge on any atom is 0.136 e. The molecule has 1 fully saturated rings. The SMILES string of the molecule is CC1CN(c2nccc3ccccc23)CC(C)N1. The minimum Gasteiger partial charge on any atom is -0.353 e. The fraction of sp³-hybridized carbons (Fsp3) is 0.400. The number of nitrogens with one attached hydrogen (secondary N) is 1. The normalized spacial score (nSPS) is 24.4. The molecule has 94 valence electrons. The first-order valence-electron chi connectivity index (χ1n) is 6.59. The van der Waals surface area contributed by atoms with E-state index in [1.54, 1.807) is 0 Å². The van der Waals surface area contributed by atoms with Crippen LogP contribution in [0.4, 0.5) is 5.82 Å². The van der Waals surface area contributed by atoms with Crippen LogP contribution in [0.25, 0.3) is 10.8 Å². The molecule has 0 amide bonds. The highest BCUT2D eigenvalue weighted by Crippen LogP contribution is 2.25. The van der Waals surface area contributed by atoms with Crippen LogP contribution in [0.1, 0.15) is 13.8 Å². The molecule has 1 aliphatic rings. The van der Waals surface area contributed by atoms with Gasteiger partial charge in [0.1, 0.15) is 5.82 Å². The van der Waals surface area contributed by atoms with E-state index < -0.39 is 0 Å². The molecule has 1 aromatic carbocycles. The van der Waals surface area contributed by atoms with Crippen molar-refractivity contribution in [2.45, 2.75) is 25.9 Å². The molecule has 2 unspecified atom stereocenters. The third kappa shape index (κ3) is 2.06. The lowest BCUT2D eigenvalue weighted by atomic mass is 10.1. The first kappa shape index (κ1) is 11.5. The highest BCUT2D eigenvalue weighted by Gasteiger charge is 2.22. The van der Waals surface area contributed by atoms with Crippen LogP contribution < -0.4 is 10.2 Å². The summed E-state index contributed by atoms with van der Waals surface area (Å²) in [5, 5.41) is 6.07. The lowest BCUT2D eigenvalue weighted by molar-refractivity contribution is 0.406. The third-order valence-electron chi connectivity index (χ3n) is 3.51. The van der Waals surface area contributed by atoms with Gasteiger partial charge in [0.15, 0.2) is 0 Å². The van der Waals surface area contributed by atoms with Gasteiger partial charge in [-0.3, -0.25) is 0 Å². The van der Waals surface area contributed by atoms with Crippen molar-refractivity contribution in [2.75, 3.05) is 18.0 Å². The van der Waals surface area contributed by atoms with Gasteiger partial charge < -0.3 is 10.2 Å². The fourth-order valence-corrected chi connectivity index (χ4v) is 2.86. The van der Waals surface area contributed by atoms with Crippen LogP contribution in [0, 0.1) is 0 Å². The molecular formula is C15H19N3. The molecule has 0 aliphatic carbocycles. The van der Waals surface area contributed by atoms with Crippen LogP contribution in [0.3, 0.4) is 0 Å². The lowest BCUT2D eigenvalue weighted by Crippen LogP contribution is -2.54. The van der Waals surface area contributed by atoms with E-state index >= 15 is 0 Å². The second-order valence-electron chi connectivity index (χ2n) is 5.23. The average molecular weight is 241 g/mol. The lowest BCUT2D eigenvalue weighted by Gasteiger charge is -2.37. The van der Waals surface area contributed by atoms with Crippen LogP contribution in [0.15, 0.2) is 36.5 Å². The molecule has 0 radical (unpaired) electrons. The number of benzene rings is 1. The Hall–Kier alpha value is -1.61. The number of nitrogens with zero attached hydrogens (tertiary/aromatic N) is 2. The van der Waals surface area contributed by atoms with Crippen LogP contribution >= 0.6 is 0 Å². The van der Waals surface area contributed by atoms with Crippen molar-refractivity contribution in [2.24, 2.45) is 0 Å². The van der Waals surface area contributed by atoms with E-state index in [-0.39, 0.29) is 0 Å². The van der Waals surface area contributed by atoms with E-state index in [0.717, 1.165) is 18.9 Å². The van der Waals surface area contributed by atoms with Gasteiger partial charge >= 0.3 is 0 Å². The molecule has 2 atom stereocenters. The largest absolute Gasteiger partial charge is 0.353 e. The Labute approximate surface area is 108 Å². The number of rotatable bonds is 1. The Kier molecular flexibility index (Phi) is 2.92. The number of hydrogen-bond donors (Lipinski definition) is 1. The summed E-state index contributed by atoms with van der Waals surface area (Å²) in [5.41, 5.74) is 0. The molecule has 1 saturated heterocycles. The molecule has 3 nitrogen and oxygen atoms in total. The zero-order chi connectivity index (χ0) is 12.5. The molecule has 2 aromatic rings. The van der Waals surface area contributed by atoms with Crippen LogP contribution in [-0.2, 0) is 0 Å². The minimum atomic E-state index is 0.509. The molecular weight excluding hydrogens is 222 g/mol. The van der Waals surface area contributed by atoms with E-state index in [1.807, 2.05) is 6.20 Å². The van der Waals surface area contributed by atoms with Gasteiger partial charge in [-0.2, -0.15) is 0 Å². The van der Waals surface area contributed by atoms with Crippen LogP contribution in [-0.4, -0.2) is 30.2 Å². The molecule has 3 heteroatoms. The van der Waals surface area contributed by atoms with Gasteiger partial charge in [0.2, 0.25) is 0 Å². The minimum absolute atomic E-state index is 0.509. The Balaban J connectivity index is 2.03. The number of fused-ring (bicyclic) bond motifs is 1. The Morgan fingerprint density at radius 3 is 2.61 bits per heavy atom. The first-order chi connectivity index (χ1) is 8.74. The molecule has 1 N–H and O–H groups in total. The van der Waals surface area contributed by atoms with Crippen molar-refractivity contribution >= 4 is 16.6 Å². The van der Waals surface area contributed by atoms with Gasteiger partial charge in [0, 0.05) is 36.8 Å². The highest BCUT2D eigenvalue weighted by molar-refractivity contribution is 5.92. The topological polar surface area (TPSA) is 28.2 Å². The molecule has 0 spiro atoms. The highest BCUT2D eigenvalue weighted by atomic mass is 15.3. The summed E-state index contributed by atoms with van der Waals surface area (Å²) in [5.74, 6) is 1.12. The van der Waals surface area contributed by atoms with Crippen LogP contribution in [0.5, 0.6) is 0 Å². The molecule has 2 heterocycles. The van der Waals surface area contributed by atoms with Gasteiger partial charge in [0.25, 0.3) is 0 Å². The zero-order valence-electron chi connectivity index (χ0n) is 10.9. The van der Waals surface area contributed by atoms with Crippen molar-refractivity contribution in [1.29, 1.82) is 0 Å². The molecule has 18 heavy (non-hydrogen) atoms. The maximum atomic E-state index is 4.60. The summed E-state index contributed by atoms with van der Waals surface area (Å²) in [6.07, 6.45) is 1.91. The van der Waals surface area contributed by atoms with Crippen LogP contribution in [0.2, 0.25) is 0 Å². The van der Waals surface area contributed by atoms with Gasteiger partial charge in [-0.15, -0.1) is 0 Å². The Morgan fingerprint density at radius 2 is 1.83 bits per heavy atom. The fourth-order valence-electron chi connectivity index (χ4n) is 2.86. The van der Waals surface area contributed by atoms with Gasteiger partial charge in [-0.25, -0.2) is 4.98 Å². The predicted octanol–water partition coefficient (Wildman–Crippen LogP) is 2.42. The van der Waals surface area contributed by atoms with E-state index in [4.69, 9.17) is 0 Å². The van der Waals surface area contributed by atoms with E-state index in [0.29, 0.717) is 12.1 Å². The smallest absolute Gasteiger partial charge is 0.136 e. The molecule has 1 aromatic heterocycles. The summed E-state index contributed by atoms with van der Waals surface area (Å²) >= 11 is 0. The average Bonchev–Trinajstić information content (AvgIpc) is 2.37. The Morgan fingerprint density at radius 1 is 1.11 bits per heavy atom. The predicted molar refractivity (Wildman–Crippen MR) is 76.0 cm³/mol. The van der Waals surface area contributed by atoms with Crippen molar-refractivity contribution in [3.8, 4) is 0 Å². The van der Waals surface area contributed by atoms with E-state index in [9.17, 15) is 0 Å². The number of hydrogen-bond acceptors (Lipinski definition) is 3. The number of piperazine rings is 1. The van der Waals surface area contributed by atoms with Gasteiger partial charge in [0.05, 0.1) is 0 Å². The second-order valence-corrected chi connectivity index (χ2v) is 5.23. The van der Waals surface area contributed by atoms with Crippen molar-refractivity contribution in [3.05, 3.63) is 36.5 Å². The Bertz CT molecular complexity index is 537. The second kappa shape index (κ2) is 4.58. The quantitative estimate of drug-likeness (QED) is 0.831. The summed E-state index contributed by atoms with van der Waals surface area (Å²) in [7, 11) is 0. The summed E-state index contributed by atoms with van der Waals surface area (Å²) < 4.78 is 0. The summed E-state index contributed by atoms with van der Waals surface area (Å²) in [4.78, 5) is 6.99. The number of aromatic nitrogens is 1. The first-order valence-corrected chi connectivity index (χ1v) is 6.59. The maximum absolute atomic E-state index is 4.60. The number of pyridine rings is 1. The zero-order valence-corrected chi connectivity index (χ0v) is 10.9. The van der Waals surface area contributed by atoms with Crippen molar-refractivity contribution in [1.82, 2.24) is 10.3 Å². The number of anilines is 1. The third-order valence-corrected chi connectivity index (χ3v) is 3.51. The van der Waals surface area contributed by atoms with Crippen molar-refractivity contribution in [3.63, 3.8) is 0 Å². The van der Waals surface area contributed by atoms with E-state index in [2.05, 4.69) is 59.4 Å². The van der Waals surface area contributed by atoms with Gasteiger partial charge in [-0.1, -0.05) is 24.3 Å². The molecule has 3 rings (SSSR count). The molecule has 0 bridgehead atoms. The van der Waals surface area contributed by atoms with Gasteiger partial charge in [-0.05, 0) is 25.3 Å². The van der Waals surface area contributed by atoms with Crippen molar-refractivity contribution < 1.29 is 0 Å².